The minimum Gasteiger partial charge on any atom is -0.478 e. The Morgan fingerprint density at radius 3 is 2.79 bits per heavy atom. The predicted molar refractivity (Wildman–Crippen MR) is 70.0 cm³/mol. The molecule has 106 valence electrons. The highest BCUT2D eigenvalue weighted by Crippen LogP contribution is 2.32. The van der Waals surface area contributed by atoms with Crippen LogP contribution in [-0.2, 0) is 6.54 Å². The number of aromatic carboxylic acids is 1. The fourth-order valence-corrected chi connectivity index (χ4v) is 2.64. The van der Waals surface area contributed by atoms with E-state index in [4.69, 9.17) is 9.52 Å². The quantitative estimate of drug-likeness (QED) is 0.760. The lowest BCUT2D eigenvalue weighted by Gasteiger charge is -2.38. The van der Waals surface area contributed by atoms with Crippen LogP contribution in [0.3, 0.4) is 0 Å². The number of furan rings is 1. The number of aliphatic hydroxyl groups excluding tert-OH is 1. The average molecular weight is 267 g/mol. The third-order valence-electron chi connectivity index (χ3n) is 4.13. The average Bonchev–Trinajstić information content (AvgIpc) is 2.87. The first kappa shape index (κ1) is 14.1. The van der Waals surface area contributed by atoms with Crippen LogP contribution in [0.25, 0.3) is 0 Å². The second-order valence-electron chi connectivity index (χ2n) is 5.54. The maximum atomic E-state index is 11.0. The van der Waals surface area contributed by atoms with E-state index < -0.39 is 5.97 Å². The van der Waals surface area contributed by atoms with Gasteiger partial charge in [-0.3, -0.25) is 0 Å². The van der Waals surface area contributed by atoms with Crippen LogP contribution < -0.4 is 5.32 Å². The topological polar surface area (TPSA) is 82.7 Å². The van der Waals surface area contributed by atoms with E-state index >= 15 is 0 Å². The number of carboxylic acid groups (broad SMARTS) is 1. The van der Waals surface area contributed by atoms with E-state index in [9.17, 15) is 9.90 Å². The Hall–Kier alpha value is -1.33. The molecule has 5 heteroatoms. The Morgan fingerprint density at radius 1 is 1.53 bits per heavy atom. The fourth-order valence-electron chi connectivity index (χ4n) is 2.64. The third kappa shape index (κ3) is 3.16. The zero-order chi connectivity index (χ0) is 13.9. The van der Waals surface area contributed by atoms with Crippen LogP contribution >= 0.6 is 0 Å². The van der Waals surface area contributed by atoms with Gasteiger partial charge in [0.05, 0.1) is 19.4 Å². The summed E-state index contributed by atoms with van der Waals surface area (Å²) in [5.41, 5.74) is -0.112. The summed E-state index contributed by atoms with van der Waals surface area (Å²) in [5.74, 6) is 0.125. The maximum absolute atomic E-state index is 11.0. The van der Waals surface area contributed by atoms with E-state index in [0.29, 0.717) is 18.2 Å². The zero-order valence-electron chi connectivity index (χ0n) is 11.2. The normalized spacial score (nSPS) is 27.4. The molecule has 3 N–H and O–H groups in total. The van der Waals surface area contributed by atoms with Crippen LogP contribution in [0.15, 0.2) is 16.7 Å². The van der Waals surface area contributed by atoms with Crippen molar-refractivity contribution < 1.29 is 19.4 Å². The predicted octanol–water partition coefficient (Wildman–Crippen LogP) is 2.01. The molecular weight excluding hydrogens is 246 g/mol. The third-order valence-corrected chi connectivity index (χ3v) is 4.13. The van der Waals surface area contributed by atoms with E-state index in [-0.39, 0.29) is 17.7 Å². The minimum atomic E-state index is -0.985. The number of hydrogen-bond donors (Lipinski definition) is 3. The van der Waals surface area contributed by atoms with Crippen LogP contribution in [-0.4, -0.2) is 28.3 Å². The molecule has 0 unspecified atom stereocenters. The molecule has 1 heterocycles. The van der Waals surface area contributed by atoms with Gasteiger partial charge in [-0.2, -0.15) is 0 Å². The van der Waals surface area contributed by atoms with Gasteiger partial charge in [-0.05, 0) is 37.7 Å². The molecule has 19 heavy (non-hydrogen) atoms. The summed E-state index contributed by atoms with van der Waals surface area (Å²) in [4.78, 5) is 11.0. The van der Waals surface area contributed by atoms with Gasteiger partial charge in [0, 0.05) is 5.54 Å². The molecular formula is C14H21NO4. The molecule has 1 saturated carbocycles. The Balaban J connectivity index is 2.00. The summed E-state index contributed by atoms with van der Waals surface area (Å²) in [5, 5.41) is 21.9. The molecule has 0 spiro atoms. The van der Waals surface area contributed by atoms with Gasteiger partial charge in [0.1, 0.15) is 11.3 Å². The van der Waals surface area contributed by atoms with E-state index in [1.165, 1.54) is 12.3 Å². The first-order valence-electron chi connectivity index (χ1n) is 6.72. The molecule has 5 nitrogen and oxygen atoms in total. The van der Waals surface area contributed by atoms with Crippen molar-refractivity contribution in [2.75, 3.05) is 6.61 Å². The maximum Gasteiger partial charge on any atom is 0.339 e. The Bertz CT molecular complexity index is 432. The molecule has 0 aromatic carbocycles. The Labute approximate surface area is 112 Å². The van der Waals surface area contributed by atoms with Crippen molar-refractivity contribution in [3.63, 3.8) is 0 Å². The van der Waals surface area contributed by atoms with Gasteiger partial charge in [-0.25, -0.2) is 4.79 Å². The number of nitrogens with one attached hydrogen (secondary N) is 1. The molecule has 0 atom stereocenters. The van der Waals surface area contributed by atoms with Gasteiger partial charge in [-0.1, -0.05) is 6.92 Å². The molecule has 0 aliphatic heterocycles. The van der Waals surface area contributed by atoms with Crippen molar-refractivity contribution in [2.24, 2.45) is 5.92 Å². The van der Waals surface area contributed by atoms with E-state index in [2.05, 4.69) is 12.2 Å². The van der Waals surface area contributed by atoms with Crippen molar-refractivity contribution >= 4 is 5.97 Å². The summed E-state index contributed by atoms with van der Waals surface area (Å²) < 4.78 is 5.20. The summed E-state index contributed by atoms with van der Waals surface area (Å²) in [6, 6.07) is 1.45. The van der Waals surface area contributed by atoms with Gasteiger partial charge < -0.3 is 19.9 Å². The molecule has 0 radical (unpaired) electrons. The lowest BCUT2D eigenvalue weighted by Crippen LogP contribution is -2.50. The number of rotatable bonds is 5. The standard InChI is InChI=1S/C14H21NO4/c1-10-2-5-14(9-16,6-3-10)15-8-12-11(13(17)18)4-7-19-12/h4,7,10,15-16H,2-3,5-6,8-9H2,1H3,(H,17,18). The highest BCUT2D eigenvalue weighted by atomic mass is 16.4. The second kappa shape index (κ2) is 5.75. The second-order valence-corrected chi connectivity index (χ2v) is 5.54. The van der Waals surface area contributed by atoms with Gasteiger partial charge in [-0.15, -0.1) is 0 Å². The van der Waals surface area contributed by atoms with Crippen LogP contribution in [0.1, 0.15) is 48.7 Å². The summed E-state index contributed by atoms with van der Waals surface area (Å²) in [7, 11) is 0. The number of aliphatic hydroxyl groups is 1. The van der Waals surface area contributed by atoms with Gasteiger partial charge in [0.15, 0.2) is 0 Å². The number of carbonyl (C=O) groups is 1. The van der Waals surface area contributed by atoms with Gasteiger partial charge in [0.2, 0.25) is 0 Å². The van der Waals surface area contributed by atoms with Crippen LogP contribution in [0, 0.1) is 5.92 Å². The van der Waals surface area contributed by atoms with Crippen molar-refractivity contribution in [3.05, 3.63) is 23.7 Å². The highest BCUT2D eigenvalue weighted by Gasteiger charge is 2.33. The summed E-state index contributed by atoms with van der Waals surface area (Å²) in [6.45, 7) is 2.63. The first-order chi connectivity index (χ1) is 9.06. The van der Waals surface area contributed by atoms with Crippen molar-refractivity contribution in [1.29, 1.82) is 0 Å². The molecule has 1 fully saturated rings. The molecule has 1 aliphatic carbocycles. The van der Waals surface area contributed by atoms with Crippen LogP contribution in [0.4, 0.5) is 0 Å². The van der Waals surface area contributed by atoms with E-state index in [0.717, 1.165) is 25.7 Å². The molecule has 1 aromatic rings. The summed E-state index contributed by atoms with van der Waals surface area (Å²) in [6.07, 6.45) is 5.37. The smallest absolute Gasteiger partial charge is 0.339 e. The fraction of sp³-hybridized carbons (Fsp3) is 0.643. The molecule has 2 rings (SSSR count). The summed E-state index contributed by atoms with van der Waals surface area (Å²) >= 11 is 0. The lowest BCUT2D eigenvalue weighted by atomic mass is 9.77. The van der Waals surface area contributed by atoms with Crippen molar-refractivity contribution in [2.45, 2.75) is 44.7 Å². The zero-order valence-corrected chi connectivity index (χ0v) is 11.2. The Kier molecular flexibility index (Phi) is 4.27. The molecule has 1 aromatic heterocycles. The lowest BCUT2D eigenvalue weighted by molar-refractivity contribution is 0.0692. The van der Waals surface area contributed by atoms with Crippen LogP contribution in [0.5, 0.6) is 0 Å². The van der Waals surface area contributed by atoms with Crippen LogP contribution in [0.2, 0.25) is 0 Å². The molecule has 0 saturated heterocycles. The van der Waals surface area contributed by atoms with E-state index in [1.54, 1.807) is 0 Å². The first-order valence-corrected chi connectivity index (χ1v) is 6.72. The van der Waals surface area contributed by atoms with Crippen molar-refractivity contribution in [3.8, 4) is 0 Å². The van der Waals surface area contributed by atoms with E-state index in [1.807, 2.05) is 0 Å². The minimum absolute atomic E-state index is 0.0723. The SMILES string of the molecule is CC1CCC(CO)(NCc2occc2C(=O)O)CC1. The van der Waals surface area contributed by atoms with Gasteiger partial charge in [0.25, 0.3) is 0 Å². The molecule has 0 bridgehead atoms. The largest absolute Gasteiger partial charge is 0.478 e. The van der Waals surface area contributed by atoms with Gasteiger partial charge >= 0.3 is 5.97 Å². The monoisotopic (exact) mass is 267 g/mol. The Morgan fingerprint density at radius 2 is 2.21 bits per heavy atom. The molecule has 0 amide bonds. The van der Waals surface area contributed by atoms with Crippen molar-refractivity contribution in [1.82, 2.24) is 5.32 Å². The number of carboxylic acids is 1. The highest BCUT2D eigenvalue weighted by molar-refractivity contribution is 5.88. The number of hydrogen-bond acceptors (Lipinski definition) is 4. The molecule has 1 aliphatic rings.